The molecule has 0 saturated heterocycles. The van der Waals surface area contributed by atoms with Gasteiger partial charge in [0.2, 0.25) is 0 Å². The molecule has 0 radical (unpaired) electrons. The predicted octanol–water partition coefficient (Wildman–Crippen LogP) is 0.423. The van der Waals surface area contributed by atoms with Crippen molar-refractivity contribution in [1.82, 2.24) is 14.7 Å². The molecular formula is C12H15N3O3S. The fourth-order valence-corrected chi connectivity index (χ4v) is 2.54. The molecule has 1 aromatic heterocycles. The molecule has 1 aromatic carbocycles. The van der Waals surface area contributed by atoms with Crippen LogP contribution < -0.4 is 4.72 Å². The van der Waals surface area contributed by atoms with E-state index in [4.69, 9.17) is 5.11 Å². The lowest BCUT2D eigenvalue weighted by atomic mass is 10.1. The summed E-state index contributed by atoms with van der Waals surface area (Å²) in [6.07, 6.45) is 3.17. The number of aromatic amines is 1. The molecule has 7 heteroatoms. The van der Waals surface area contributed by atoms with E-state index in [1.165, 1.54) is 12.5 Å². The maximum atomic E-state index is 11.8. The van der Waals surface area contributed by atoms with Gasteiger partial charge in [-0.3, -0.25) is 0 Å². The Balaban J connectivity index is 1.89. The Morgan fingerprint density at radius 1 is 1.21 bits per heavy atom. The summed E-state index contributed by atoms with van der Waals surface area (Å²) < 4.78 is 26.0. The number of sulfonamides is 1. The lowest BCUT2D eigenvalue weighted by Gasteiger charge is -2.05. The second-order valence-corrected chi connectivity index (χ2v) is 5.77. The molecule has 0 bridgehead atoms. The normalized spacial score (nSPS) is 11.6. The van der Waals surface area contributed by atoms with E-state index in [0.717, 1.165) is 11.1 Å². The lowest BCUT2D eigenvalue weighted by Crippen LogP contribution is -2.26. The molecule has 0 aliphatic rings. The molecule has 0 saturated carbocycles. The Morgan fingerprint density at radius 2 is 1.89 bits per heavy atom. The zero-order valence-electron chi connectivity index (χ0n) is 10.2. The maximum Gasteiger partial charge on any atom is 0.257 e. The van der Waals surface area contributed by atoms with Crippen LogP contribution >= 0.6 is 0 Å². The highest BCUT2D eigenvalue weighted by molar-refractivity contribution is 7.89. The SMILES string of the molecule is O=S(=O)(NCCc1ccc(CO)cc1)c1cnc[nH]1. The van der Waals surface area contributed by atoms with Crippen LogP contribution in [0.5, 0.6) is 0 Å². The van der Waals surface area contributed by atoms with Gasteiger partial charge < -0.3 is 10.1 Å². The molecule has 3 N–H and O–H groups in total. The molecule has 0 atom stereocenters. The van der Waals surface area contributed by atoms with Gasteiger partial charge in [0.25, 0.3) is 10.0 Å². The summed E-state index contributed by atoms with van der Waals surface area (Å²) in [4.78, 5) is 6.23. The van der Waals surface area contributed by atoms with Crippen LogP contribution in [0.2, 0.25) is 0 Å². The van der Waals surface area contributed by atoms with Crippen molar-refractivity contribution >= 4 is 10.0 Å². The van der Waals surface area contributed by atoms with Crippen molar-refractivity contribution in [2.24, 2.45) is 0 Å². The number of benzene rings is 1. The van der Waals surface area contributed by atoms with Crippen LogP contribution in [-0.4, -0.2) is 30.0 Å². The summed E-state index contributed by atoms with van der Waals surface area (Å²) in [5.41, 5.74) is 1.84. The summed E-state index contributed by atoms with van der Waals surface area (Å²) in [6.45, 7) is 0.312. The summed E-state index contributed by atoms with van der Waals surface area (Å²) >= 11 is 0. The van der Waals surface area contributed by atoms with Gasteiger partial charge in [-0.1, -0.05) is 24.3 Å². The molecule has 0 amide bonds. The van der Waals surface area contributed by atoms with E-state index in [1.54, 1.807) is 0 Å². The minimum atomic E-state index is -3.51. The number of hydrogen-bond donors (Lipinski definition) is 3. The first-order chi connectivity index (χ1) is 9.12. The van der Waals surface area contributed by atoms with Gasteiger partial charge in [-0.2, -0.15) is 0 Å². The quantitative estimate of drug-likeness (QED) is 0.715. The molecule has 1 heterocycles. The Labute approximate surface area is 111 Å². The Hall–Kier alpha value is -1.70. The fourth-order valence-electron chi connectivity index (χ4n) is 1.61. The number of nitrogens with one attached hydrogen (secondary N) is 2. The third-order valence-electron chi connectivity index (χ3n) is 2.67. The van der Waals surface area contributed by atoms with E-state index in [0.29, 0.717) is 13.0 Å². The van der Waals surface area contributed by atoms with Crippen LogP contribution in [0, 0.1) is 0 Å². The van der Waals surface area contributed by atoms with Crippen LogP contribution in [0.4, 0.5) is 0 Å². The molecule has 19 heavy (non-hydrogen) atoms. The zero-order chi connectivity index (χ0) is 13.7. The van der Waals surface area contributed by atoms with E-state index in [2.05, 4.69) is 14.7 Å². The van der Waals surface area contributed by atoms with Crippen molar-refractivity contribution in [3.8, 4) is 0 Å². The number of H-pyrrole nitrogens is 1. The Kier molecular flexibility index (Phi) is 4.31. The zero-order valence-corrected chi connectivity index (χ0v) is 11.0. The molecule has 0 unspecified atom stereocenters. The summed E-state index contributed by atoms with van der Waals surface area (Å²) in [5.74, 6) is 0. The van der Waals surface area contributed by atoms with Crippen LogP contribution in [0.15, 0.2) is 41.8 Å². The number of rotatable bonds is 6. The van der Waals surface area contributed by atoms with Gasteiger partial charge in [0.05, 0.1) is 19.1 Å². The highest BCUT2D eigenvalue weighted by atomic mass is 32.2. The van der Waals surface area contributed by atoms with E-state index < -0.39 is 10.0 Å². The number of imidazole rings is 1. The molecule has 0 aliphatic heterocycles. The minimum absolute atomic E-state index is 0.00668. The number of nitrogens with zero attached hydrogens (tertiary/aromatic N) is 1. The summed E-state index contributed by atoms with van der Waals surface area (Å²) in [6, 6.07) is 7.38. The molecule has 102 valence electrons. The second kappa shape index (κ2) is 5.96. The minimum Gasteiger partial charge on any atom is -0.392 e. The van der Waals surface area contributed by atoms with Crippen LogP contribution in [0.3, 0.4) is 0 Å². The van der Waals surface area contributed by atoms with Gasteiger partial charge in [0, 0.05) is 6.54 Å². The first-order valence-electron chi connectivity index (χ1n) is 5.78. The van der Waals surface area contributed by atoms with Gasteiger partial charge in [-0.15, -0.1) is 0 Å². The largest absolute Gasteiger partial charge is 0.392 e. The van der Waals surface area contributed by atoms with E-state index in [1.807, 2.05) is 24.3 Å². The molecule has 0 spiro atoms. The van der Waals surface area contributed by atoms with Crippen molar-refractivity contribution in [1.29, 1.82) is 0 Å². The van der Waals surface area contributed by atoms with E-state index >= 15 is 0 Å². The number of aromatic nitrogens is 2. The molecule has 2 aromatic rings. The lowest BCUT2D eigenvalue weighted by molar-refractivity contribution is 0.282. The van der Waals surface area contributed by atoms with E-state index in [9.17, 15) is 8.42 Å². The highest BCUT2D eigenvalue weighted by Crippen LogP contribution is 2.06. The average molecular weight is 281 g/mol. The van der Waals surface area contributed by atoms with Crippen molar-refractivity contribution < 1.29 is 13.5 Å². The third kappa shape index (κ3) is 3.63. The van der Waals surface area contributed by atoms with E-state index in [-0.39, 0.29) is 11.6 Å². The monoisotopic (exact) mass is 281 g/mol. The van der Waals surface area contributed by atoms with Crippen molar-refractivity contribution in [3.05, 3.63) is 47.9 Å². The average Bonchev–Trinajstić information content (AvgIpc) is 2.94. The van der Waals surface area contributed by atoms with Crippen molar-refractivity contribution in [2.45, 2.75) is 18.1 Å². The van der Waals surface area contributed by atoms with Gasteiger partial charge in [0.15, 0.2) is 5.03 Å². The Bertz CT molecular complexity index is 606. The van der Waals surface area contributed by atoms with Gasteiger partial charge in [-0.25, -0.2) is 18.1 Å². The second-order valence-electron chi connectivity index (χ2n) is 4.04. The van der Waals surface area contributed by atoms with Crippen LogP contribution in [-0.2, 0) is 23.1 Å². The van der Waals surface area contributed by atoms with Crippen molar-refractivity contribution in [3.63, 3.8) is 0 Å². The first kappa shape index (κ1) is 13.7. The highest BCUT2D eigenvalue weighted by Gasteiger charge is 2.14. The molecular weight excluding hydrogens is 266 g/mol. The number of aliphatic hydroxyl groups excluding tert-OH is 1. The van der Waals surface area contributed by atoms with Crippen molar-refractivity contribution in [2.75, 3.05) is 6.54 Å². The van der Waals surface area contributed by atoms with Crippen LogP contribution in [0.25, 0.3) is 0 Å². The molecule has 2 rings (SSSR count). The number of aliphatic hydroxyl groups is 1. The maximum absolute atomic E-state index is 11.8. The van der Waals surface area contributed by atoms with Crippen LogP contribution in [0.1, 0.15) is 11.1 Å². The Morgan fingerprint density at radius 3 is 2.47 bits per heavy atom. The standard InChI is InChI=1S/C12H15N3O3S/c16-8-11-3-1-10(2-4-11)5-6-15-19(17,18)12-7-13-9-14-12/h1-4,7,9,15-16H,5-6,8H2,(H,13,14). The predicted molar refractivity (Wildman–Crippen MR) is 69.8 cm³/mol. The summed E-state index contributed by atoms with van der Waals surface area (Å²) in [5, 5.41) is 8.97. The molecule has 6 nitrogen and oxygen atoms in total. The third-order valence-corrected chi connectivity index (χ3v) is 4.06. The first-order valence-corrected chi connectivity index (χ1v) is 7.27. The van der Waals surface area contributed by atoms with Gasteiger partial charge in [-0.05, 0) is 17.5 Å². The topological polar surface area (TPSA) is 95.1 Å². The molecule has 0 fully saturated rings. The smallest absolute Gasteiger partial charge is 0.257 e. The van der Waals surface area contributed by atoms with Gasteiger partial charge in [0.1, 0.15) is 0 Å². The number of hydrogen-bond acceptors (Lipinski definition) is 4. The fraction of sp³-hybridized carbons (Fsp3) is 0.250. The molecule has 0 aliphatic carbocycles. The summed E-state index contributed by atoms with van der Waals surface area (Å²) in [7, 11) is -3.51. The van der Waals surface area contributed by atoms with Gasteiger partial charge >= 0.3 is 0 Å².